The van der Waals surface area contributed by atoms with Gasteiger partial charge in [-0.2, -0.15) is 0 Å². The number of hydrogen-bond donors (Lipinski definition) is 1. The van der Waals surface area contributed by atoms with Crippen LogP contribution in [-0.2, 0) is 0 Å². The van der Waals surface area contributed by atoms with E-state index < -0.39 is 0 Å². The smallest absolute Gasteiger partial charge is 0.115 e. The zero-order chi connectivity index (χ0) is 11.5. The Morgan fingerprint density at radius 3 is 2.47 bits per heavy atom. The molecular formula is C14H11N3. The number of fused-ring (bicyclic) bond motifs is 1. The van der Waals surface area contributed by atoms with Gasteiger partial charge in [-0.25, -0.2) is 9.97 Å². The van der Waals surface area contributed by atoms with Crippen molar-refractivity contribution >= 4 is 22.1 Å². The number of rotatable bonds is 2. The van der Waals surface area contributed by atoms with E-state index in [0.717, 1.165) is 11.4 Å². The Morgan fingerprint density at radius 1 is 0.824 bits per heavy atom. The third-order valence-electron chi connectivity index (χ3n) is 2.63. The van der Waals surface area contributed by atoms with E-state index in [1.54, 1.807) is 12.4 Å². The summed E-state index contributed by atoms with van der Waals surface area (Å²) in [6, 6.07) is 14.5. The number of anilines is 2. The monoisotopic (exact) mass is 221 g/mol. The van der Waals surface area contributed by atoms with Gasteiger partial charge in [0.15, 0.2) is 0 Å². The maximum atomic E-state index is 3.99. The number of nitrogens with zero attached hydrogens (tertiary/aromatic N) is 2. The van der Waals surface area contributed by atoms with Gasteiger partial charge in [0.05, 0.1) is 18.1 Å². The normalized spacial score (nSPS) is 10.4. The van der Waals surface area contributed by atoms with E-state index in [-0.39, 0.29) is 0 Å². The highest BCUT2D eigenvalue weighted by Crippen LogP contribution is 2.25. The fourth-order valence-electron chi connectivity index (χ4n) is 1.85. The number of hydrogen-bond acceptors (Lipinski definition) is 3. The molecule has 0 aliphatic rings. The topological polar surface area (TPSA) is 37.8 Å². The van der Waals surface area contributed by atoms with Gasteiger partial charge >= 0.3 is 0 Å². The van der Waals surface area contributed by atoms with Gasteiger partial charge in [0.25, 0.3) is 0 Å². The van der Waals surface area contributed by atoms with Crippen LogP contribution in [0.4, 0.5) is 11.4 Å². The van der Waals surface area contributed by atoms with Gasteiger partial charge in [-0.15, -0.1) is 0 Å². The largest absolute Gasteiger partial charge is 0.352 e. The molecule has 0 fully saturated rings. The van der Waals surface area contributed by atoms with Crippen molar-refractivity contribution < 1.29 is 0 Å². The van der Waals surface area contributed by atoms with E-state index in [1.807, 2.05) is 18.2 Å². The molecule has 0 aliphatic carbocycles. The van der Waals surface area contributed by atoms with Crippen molar-refractivity contribution in [3.05, 3.63) is 61.2 Å². The van der Waals surface area contributed by atoms with Crippen LogP contribution in [0, 0.1) is 0 Å². The van der Waals surface area contributed by atoms with Gasteiger partial charge in [-0.05, 0) is 11.5 Å². The molecule has 1 N–H and O–H groups in total. The first kappa shape index (κ1) is 9.78. The predicted molar refractivity (Wildman–Crippen MR) is 69.3 cm³/mol. The van der Waals surface area contributed by atoms with Gasteiger partial charge in [0.2, 0.25) is 0 Å². The molecule has 2 aromatic carbocycles. The summed E-state index contributed by atoms with van der Waals surface area (Å²) in [5, 5.41) is 5.73. The summed E-state index contributed by atoms with van der Waals surface area (Å²) < 4.78 is 0. The lowest BCUT2D eigenvalue weighted by atomic mass is 10.1. The lowest BCUT2D eigenvalue weighted by Crippen LogP contribution is -1.92. The Morgan fingerprint density at radius 2 is 1.59 bits per heavy atom. The summed E-state index contributed by atoms with van der Waals surface area (Å²) in [6.45, 7) is 0. The average Bonchev–Trinajstić information content (AvgIpc) is 2.40. The van der Waals surface area contributed by atoms with Gasteiger partial charge < -0.3 is 5.32 Å². The Bertz CT molecular complexity index is 630. The van der Waals surface area contributed by atoms with Crippen LogP contribution in [0.5, 0.6) is 0 Å². The quantitative estimate of drug-likeness (QED) is 0.721. The van der Waals surface area contributed by atoms with E-state index in [2.05, 4.69) is 39.6 Å². The zero-order valence-electron chi connectivity index (χ0n) is 9.17. The Hall–Kier alpha value is -2.42. The minimum absolute atomic E-state index is 0.892. The van der Waals surface area contributed by atoms with Gasteiger partial charge in [0.1, 0.15) is 6.33 Å². The SMILES string of the molecule is c1ccc2c(Nc3cncnc3)cccc2c1. The second-order valence-electron chi connectivity index (χ2n) is 3.78. The molecule has 0 aliphatic heterocycles. The predicted octanol–water partition coefficient (Wildman–Crippen LogP) is 3.37. The van der Waals surface area contributed by atoms with E-state index in [0.29, 0.717) is 0 Å². The standard InChI is InChI=1S/C14H11N3/c1-2-6-13-11(4-1)5-3-7-14(13)17-12-8-15-10-16-9-12/h1-10,17H. The summed E-state index contributed by atoms with van der Waals surface area (Å²) in [4.78, 5) is 7.97. The van der Waals surface area contributed by atoms with Crippen molar-refractivity contribution in [2.75, 3.05) is 5.32 Å². The highest BCUT2D eigenvalue weighted by molar-refractivity contribution is 5.95. The molecule has 0 saturated carbocycles. The third kappa shape index (κ3) is 1.95. The molecule has 0 bridgehead atoms. The molecule has 0 atom stereocenters. The molecule has 3 aromatic rings. The van der Waals surface area contributed by atoms with E-state index in [1.165, 1.54) is 17.1 Å². The number of benzene rings is 2. The molecule has 1 heterocycles. The molecule has 3 nitrogen and oxygen atoms in total. The molecule has 0 saturated heterocycles. The van der Waals surface area contributed by atoms with Crippen molar-refractivity contribution in [3.63, 3.8) is 0 Å². The molecular weight excluding hydrogens is 210 g/mol. The lowest BCUT2D eigenvalue weighted by molar-refractivity contribution is 1.17. The maximum Gasteiger partial charge on any atom is 0.115 e. The van der Waals surface area contributed by atoms with Gasteiger partial charge in [-0.1, -0.05) is 36.4 Å². The Kier molecular flexibility index (Phi) is 2.43. The van der Waals surface area contributed by atoms with E-state index >= 15 is 0 Å². The fourth-order valence-corrected chi connectivity index (χ4v) is 1.85. The lowest BCUT2D eigenvalue weighted by Gasteiger charge is -2.08. The Labute approximate surface area is 99.2 Å². The van der Waals surface area contributed by atoms with Crippen LogP contribution in [0.25, 0.3) is 10.8 Å². The summed E-state index contributed by atoms with van der Waals surface area (Å²) >= 11 is 0. The highest BCUT2D eigenvalue weighted by atomic mass is 14.9. The molecule has 17 heavy (non-hydrogen) atoms. The second kappa shape index (κ2) is 4.22. The van der Waals surface area contributed by atoms with Crippen LogP contribution < -0.4 is 5.32 Å². The van der Waals surface area contributed by atoms with Crippen molar-refractivity contribution in [2.45, 2.75) is 0 Å². The van der Waals surface area contributed by atoms with Crippen LogP contribution >= 0.6 is 0 Å². The molecule has 82 valence electrons. The van der Waals surface area contributed by atoms with Crippen LogP contribution in [0.2, 0.25) is 0 Å². The second-order valence-corrected chi connectivity index (χ2v) is 3.78. The molecule has 3 rings (SSSR count). The molecule has 0 radical (unpaired) electrons. The Balaban J connectivity index is 2.06. The molecule has 0 spiro atoms. The first-order valence-electron chi connectivity index (χ1n) is 5.43. The first-order valence-corrected chi connectivity index (χ1v) is 5.43. The summed E-state index contributed by atoms with van der Waals surface area (Å²) in [6.07, 6.45) is 5.04. The molecule has 3 heteroatoms. The minimum atomic E-state index is 0.892. The molecule has 1 aromatic heterocycles. The van der Waals surface area contributed by atoms with Crippen molar-refractivity contribution in [1.82, 2.24) is 9.97 Å². The van der Waals surface area contributed by atoms with Crippen LogP contribution in [0.15, 0.2) is 61.2 Å². The zero-order valence-corrected chi connectivity index (χ0v) is 9.17. The van der Waals surface area contributed by atoms with Gasteiger partial charge in [-0.3, -0.25) is 0 Å². The minimum Gasteiger partial charge on any atom is -0.352 e. The van der Waals surface area contributed by atoms with Crippen LogP contribution in [0.3, 0.4) is 0 Å². The fraction of sp³-hybridized carbons (Fsp3) is 0. The van der Waals surface area contributed by atoms with Gasteiger partial charge in [0, 0.05) is 11.1 Å². The van der Waals surface area contributed by atoms with Crippen LogP contribution in [0.1, 0.15) is 0 Å². The first-order chi connectivity index (χ1) is 8.43. The van der Waals surface area contributed by atoms with Crippen molar-refractivity contribution in [1.29, 1.82) is 0 Å². The summed E-state index contributed by atoms with van der Waals surface area (Å²) in [7, 11) is 0. The third-order valence-corrected chi connectivity index (χ3v) is 2.63. The number of nitrogens with one attached hydrogen (secondary N) is 1. The van der Waals surface area contributed by atoms with E-state index in [4.69, 9.17) is 0 Å². The molecule has 0 amide bonds. The summed E-state index contributed by atoms with van der Waals surface area (Å²) in [5.41, 5.74) is 1.96. The molecule has 0 unspecified atom stereocenters. The van der Waals surface area contributed by atoms with Crippen molar-refractivity contribution in [2.24, 2.45) is 0 Å². The average molecular weight is 221 g/mol. The van der Waals surface area contributed by atoms with Crippen LogP contribution in [-0.4, -0.2) is 9.97 Å². The highest BCUT2D eigenvalue weighted by Gasteiger charge is 2.00. The maximum absolute atomic E-state index is 3.99. The number of aromatic nitrogens is 2. The van der Waals surface area contributed by atoms with Crippen molar-refractivity contribution in [3.8, 4) is 0 Å². The van der Waals surface area contributed by atoms with E-state index in [9.17, 15) is 0 Å². The summed E-state index contributed by atoms with van der Waals surface area (Å²) in [5.74, 6) is 0.